The number of nitro benzene ring substituents is 1. The van der Waals surface area contributed by atoms with Crippen molar-refractivity contribution >= 4 is 34.0 Å². The molecular weight excluding hydrogens is 394 g/mol. The first-order valence-corrected chi connectivity index (χ1v) is 7.55. The van der Waals surface area contributed by atoms with Crippen LogP contribution in [0, 0.1) is 19.5 Å². The van der Waals surface area contributed by atoms with Gasteiger partial charge in [0.15, 0.2) is 0 Å². The number of hydrogen-bond acceptors (Lipinski definition) is 5. The summed E-state index contributed by atoms with van der Waals surface area (Å²) < 4.78 is 19.1. The van der Waals surface area contributed by atoms with Gasteiger partial charge in [-0.15, -0.1) is 0 Å². The Morgan fingerprint density at radius 3 is 2.71 bits per heavy atom. The van der Waals surface area contributed by atoms with Crippen LogP contribution in [-0.4, -0.2) is 42.4 Å². The highest BCUT2D eigenvalue weighted by Gasteiger charge is 2.33. The van der Waals surface area contributed by atoms with Crippen LogP contribution in [0.2, 0.25) is 0 Å². The zero-order valence-corrected chi connectivity index (χ0v) is 13.7. The second-order valence-corrected chi connectivity index (χ2v) is 6.37. The smallest absolute Gasteiger partial charge is 0.293 e. The molecule has 1 saturated heterocycles. The lowest BCUT2D eigenvalue weighted by atomic mass is 9.93. The summed E-state index contributed by atoms with van der Waals surface area (Å²) in [6, 6.07) is 2.35. The van der Waals surface area contributed by atoms with Gasteiger partial charge in [-0.05, 0) is 22.6 Å². The first-order valence-electron chi connectivity index (χ1n) is 6.47. The number of anilines is 1. The van der Waals surface area contributed by atoms with E-state index in [0.717, 1.165) is 6.07 Å². The molecule has 0 atom stereocenters. The quantitative estimate of drug-likeness (QED) is 0.469. The summed E-state index contributed by atoms with van der Waals surface area (Å²) in [6.07, 6.45) is 0.913. The number of benzene rings is 1. The van der Waals surface area contributed by atoms with Gasteiger partial charge in [0.1, 0.15) is 11.5 Å². The molecule has 6 nitrogen and oxygen atoms in total. The average molecular weight is 410 g/mol. The first kappa shape index (κ1) is 16.4. The van der Waals surface area contributed by atoms with Crippen LogP contribution in [0.1, 0.15) is 12.8 Å². The van der Waals surface area contributed by atoms with Gasteiger partial charge in [0.25, 0.3) is 5.69 Å². The number of hydrogen-bond donors (Lipinski definition) is 1. The van der Waals surface area contributed by atoms with Crippen LogP contribution >= 0.6 is 22.6 Å². The number of aliphatic hydroxyl groups is 1. The third-order valence-electron chi connectivity index (χ3n) is 3.58. The summed E-state index contributed by atoms with van der Waals surface area (Å²) in [7, 11) is 1.61. The maximum absolute atomic E-state index is 13.7. The first-order chi connectivity index (χ1) is 9.82. The molecule has 2 rings (SSSR count). The molecule has 0 spiro atoms. The molecule has 0 aliphatic carbocycles. The van der Waals surface area contributed by atoms with Gasteiger partial charge in [0.05, 0.1) is 14.1 Å². The summed E-state index contributed by atoms with van der Waals surface area (Å²) in [5.74, 6) is -0.512. The van der Waals surface area contributed by atoms with Crippen LogP contribution in [0.5, 0.6) is 0 Å². The molecule has 1 aliphatic heterocycles. The van der Waals surface area contributed by atoms with E-state index in [2.05, 4.69) is 0 Å². The molecule has 0 amide bonds. The molecule has 1 N–H and O–H groups in total. The molecule has 116 valence electrons. The molecule has 0 aromatic heterocycles. The minimum absolute atomic E-state index is 0.165. The van der Waals surface area contributed by atoms with Crippen molar-refractivity contribution in [2.24, 2.45) is 0 Å². The molecule has 1 aromatic rings. The summed E-state index contributed by atoms with van der Waals surface area (Å²) in [4.78, 5) is 12.1. The zero-order chi connectivity index (χ0) is 15.6. The van der Waals surface area contributed by atoms with Crippen LogP contribution in [0.3, 0.4) is 0 Å². The molecule has 1 heterocycles. The number of halogens is 2. The van der Waals surface area contributed by atoms with Crippen molar-refractivity contribution in [1.29, 1.82) is 0 Å². The highest BCUT2D eigenvalue weighted by Crippen LogP contribution is 2.33. The van der Waals surface area contributed by atoms with E-state index < -0.39 is 16.3 Å². The van der Waals surface area contributed by atoms with Crippen LogP contribution in [0.25, 0.3) is 0 Å². The largest absolute Gasteiger partial charge is 0.388 e. The third kappa shape index (κ3) is 3.80. The fourth-order valence-electron chi connectivity index (χ4n) is 2.41. The Bertz CT molecular complexity index is 549. The van der Waals surface area contributed by atoms with E-state index in [9.17, 15) is 19.6 Å². The normalized spacial score (nSPS) is 17.5. The molecule has 0 saturated carbocycles. The topological polar surface area (TPSA) is 75.8 Å². The lowest BCUT2D eigenvalue weighted by molar-refractivity contribution is -0.384. The minimum Gasteiger partial charge on any atom is -0.388 e. The van der Waals surface area contributed by atoms with Gasteiger partial charge in [0.2, 0.25) is 0 Å². The van der Waals surface area contributed by atoms with E-state index in [-0.39, 0.29) is 21.5 Å². The van der Waals surface area contributed by atoms with Crippen molar-refractivity contribution in [3.8, 4) is 0 Å². The van der Waals surface area contributed by atoms with Crippen LogP contribution in [0.15, 0.2) is 12.1 Å². The number of ether oxygens (including phenoxy) is 1. The number of nitro groups is 1. The van der Waals surface area contributed by atoms with Crippen molar-refractivity contribution in [3.63, 3.8) is 0 Å². The van der Waals surface area contributed by atoms with Crippen LogP contribution < -0.4 is 4.90 Å². The molecule has 0 bridgehead atoms. The standard InChI is InChI=1S/C13H16FIN2O4/c1-16(8-13(18)2-4-21-5-3-13)11-6-9(14)10(15)7-12(11)17(19)20/h6-7,18H,2-5,8H2,1H3. The van der Waals surface area contributed by atoms with Gasteiger partial charge in [0, 0.05) is 51.8 Å². The van der Waals surface area contributed by atoms with E-state index in [1.54, 1.807) is 29.6 Å². The van der Waals surface area contributed by atoms with Gasteiger partial charge >= 0.3 is 0 Å². The van der Waals surface area contributed by atoms with E-state index in [1.165, 1.54) is 11.0 Å². The zero-order valence-electron chi connectivity index (χ0n) is 11.5. The second-order valence-electron chi connectivity index (χ2n) is 5.20. The van der Waals surface area contributed by atoms with Gasteiger partial charge < -0.3 is 14.7 Å². The predicted molar refractivity (Wildman–Crippen MR) is 84.0 cm³/mol. The monoisotopic (exact) mass is 410 g/mol. The van der Waals surface area contributed by atoms with Crippen molar-refractivity contribution in [3.05, 3.63) is 31.6 Å². The summed E-state index contributed by atoms with van der Waals surface area (Å²) in [6.45, 7) is 1.10. The van der Waals surface area contributed by atoms with E-state index >= 15 is 0 Å². The fraction of sp³-hybridized carbons (Fsp3) is 0.538. The SMILES string of the molecule is CN(CC1(O)CCOCC1)c1cc(F)c(I)cc1[N+](=O)[O-]. The Labute approximate surface area is 135 Å². The third-order valence-corrected chi connectivity index (χ3v) is 4.41. The number of nitrogens with zero attached hydrogens (tertiary/aromatic N) is 2. The van der Waals surface area contributed by atoms with Crippen LogP contribution in [0.4, 0.5) is 15.8 Å². The Hall–Kier alpha value is -1.00. The number of rotatable bonds is 4. The molecule has 1 aliphatic rings. The lowest BCUT2D eigenvalue weighted by Gasteiger charge is -2.36. The Kier molecular flexibility index (Phi) is 4.99. The molecular formula is C13H16FIN2O4. The molecule has 0 unspecified atom stereocenters. The fourth-order valence-corrected chi connectivity index (χ4v) is 2.86. The molecule has 0 radical (unpaired) electrons. The Morgan fingerprint density at radius 1 is 1.52 bits per heavy atom. The summed E-state index contributed by atoms with van der Waals surface area (Å²) in [5.41, 5.74) is -0.975. The molecule has 1 fully saturated rings. The Balaban J connectivity index is 2.27. The van der Waals surface area contributed by atoms with Crippen molar-refractivity contribution < 1.29 is 19.2 Å². The van der Waals surface area contributed by atoms with Gasteiger partial charge in [-0.2, -0.15) is 0 Å². The molecule has 1 aromatic carbocycles. The van der Waals surface area contributed by atoms with E-state index in [1.807, 2.05) is 0 Å². The lowest BCUT2D eigenvalue weighted by Crippen LogP contribution is -2.45. The predicted octanol–water partition coefficient (Wildman–Crippen LogP) is 2.32. The van der Waals surface area contributed by atoms with Crippen LogP contribution in [-0.2, 0) is 4.74 Å². The summed E-state index contributed by atoms with van der Waals surface area (Å²) in [5, 5.41) is 21.6. The van der Waals surface area contributed by atoms with E-state index in [4.69, 9.17) is 4.74 Å². The maximum atomic E-state index is 13.7. The maximum Gasteiger partial charge on any atom is 0.293 e. The summed E-state index contributed by atoms with van der Waals surface area (Å²) >= 11 is 1.72. The highest BCUT2D eigenvalue weighted by atomic mass is 127. The average Bonchev–Trinajstić information content (AvgIpc) is 2.41. The van der Waals surface area contributed by atoms with Gasteiger partial charge in [-0.25, -0.2) is 4.39 Å². The Morgan fingerprint density at radius 2 is 2.14 bits per heavy atom. The van der Waals surface area contributed by atoms with Gasteiger partial charge in [-0.3, -0.25) is 10.1 Å². The minimum atomic E-state index is -0.972. The van der Waals surface area contributed by atoms with Crippen molar-refractivity contribution in [2.75, 3.05) is 31.7 Å². The van der Waals surface area contributed by atoms with Crippen molar-refractivity contribution in [1.82, 2.24) is 0 Å². The van der Waals surface area contributed by atoms with E-state index in [0.29, 0.717) is 26.1 Å². The second kappa shape index (κ2) is 6.41. The van der Waals surface area contributed by atoms with Gasteiger partial charge in [-0.1, -0.05) is 0 Å². The molecule has 21 heavy (non-hydrogen) atoms. The van der Waals surface area contributed by atoms with Crippen molar-refractivity contribution in [2.45, 2.75) is 18.4 Å². The molecule has 8 heteroatoms. The number of likely N-dealkylation sites (N-methyl/N-ethyl adjacent to an activating group) is 1. The highest BCUT2D eigenvalue weighted by molar-refractivity contribution is 14.1.